The summed E-state index contributed by atoms with van der Waals surface area (Å²) in [7, 11) is -10.1. The SMILES string of the molecule is CC(O)(CCOP(=O)(O)OP(=O)(O)O)CC(=O)O.[Li].[Li].[Li].[Li]. The van der Waals surface area contributed by atoms with Crippen molar-refractivity contribution in [1.82, 2.24) is 0 Å². The van der Waals surface area contributed by atoms with E-state index < -0.39 is 40.2 Å². The van der Waals surface area contributed by atoms with E-state index in [0.717, 1.165) is 6.92 Å². The zero-order valence-corrected chi connectivity index (χ0v) is 15.1. The average molecular weight is 336 g/mol. The molecule has 0 bridgehead atoms. The second-order valence-corrected chi connectivity index (χ2v) is 6.52. The minimum atomic E-state index is -5.19. The molecule has 0 aromatic rings. The van der Waals surface area contributed by atoms with Gasteiger partial charge in [0.05, 0.1) is 18.6 Å². The van der Waals surface area contributed by atoms with Gasteiger partial charge in [-0.3, -0.25) is 9.32 Å². The van der Waals surface area contributed by atoms with Crippen LogP contribution >= 0.6 is 15.6 Å². The molecule has 0 aliphatic heterocycles. The number of aliphatic hydroxyl groups is 1. The third-order valence-electron chi connectivity index (χ3n) is 1.64. The molecule has 5 N–H and O–H groups in total. The predicted octanol–water partition coefficient (Wildman–Crippen LogP) is -1.69. The van der Waals surface area contributed by atoms with E-state index in [0.29, 0.717) is 0 Å². The van der Waals surface area contributed by atoms with Crippen LogP contribution in [0.4, 0.5) is 0 Å². The van der Waals surface area contributed by atoms with Gasteiger partial charge in [-0.1, -0.05) is 0 Å². The molecule has 4 radical (unpaired) electrons. The number of hydrogen-bond donors (Lipinski definition) is 5. The van der Waals surface area contributed by atoms with Gasteiger partial charge in [0, 0.05) is 81.9 Å². The molecule has 2 unspecified atom stereocenters. The maximum absolute atomic E-state index is 11.0. The fourth-order valence-electron chi connectivity index (χ4n) is 0.953. The molecule has 22 heavy (non-hydrogen) atoms. The van der Waals surface area contributed by atoms with Gasteiger partial charge in [0.1, 0.15) is 0 Å². The molecule has 0 fully saturated rings. The Labute approximate surface area is 175 Å². The normalized spacial score (nSPS) is 15.5. The first kappa shape index (κ1) is 35.2. The molecule has 0 aromatic heterocycles. The van der Waals surface area contributed by atoms with E-state index in [1.807, 2.05) is 0 Å². The van der Waals surface area contributed by atoms with Crippen LogP contribution in [0.1, 0.15) is 19.8 Å². The molecule has 2 atom stereocenters. The molecular weight excluding hydrogens is 322 g/mol. The standard InChI is InChI=1S/C6H14O10P2.4Li/c1-6(9,4-5(7)8)2-3-15-18(13,14)16-17(10,11)12;;;;/h9H,2-4H2,1H3,(H,7,8)(H,13,14)(H2,10,11,12);;;;. The zero-order chi connectivity index (χ0) is 14.6. The Morgan fingerprint density at radius 1 is 1.09 bits per heavy atom. The molecule has 0 saturated heterocycles. The summed E-state index contributed by atoms with van der Waals surface area (Å²) in [5.74, 6) is -1.28. The molecule has 0 rings (SSSR count). The van der Waals surface area contributed by atoms with Crippen molar-refractivity contribution in [1.29, 1.82) is 0 Å². The van der Waals surface area contributed by atoms with Crippen molar-refractivity contribution in [3.8, 4) is 0 Å². The Bertz CT molecular complexity index is 399. The first-order valence-electron chi connectivity index (χ1n) is 4.51. The molecule has 0 spiro atoms. The van der Waals surface area contributed by atoms with Crippen molar-refractivity contribution >= 4 is 97.1 Å². The van der Waals surface area contributed by atoms with Crippen molar-refractivity contribution in [3.63, 3.8) is 0 Å². The zero-order valence-electron chi connectivity index (χ0n) is 13.3. The van der Waals surface area contributed by atoms with Crippen LogP contribution in [0.3, 0.4) is 0 Å². The number of carboxylic acid groups (broad SMARTS) is 1. The summed E-state index contributed by atoms with van der Waals surface area (Å²) in [4.78, 5) is 35.7. The molecule has 0 heterocycles. The van der Waals surface area contributed by atoms with Crippen LogP contribution < -0.4 is 0 Å². The van der Waals surface area contributed by atoms with Gasteiger partial charge < -0.3 is 24.9 Å². The molecule has 10 nitrogen and oxygen atoms in total. The summed E-state index contributed by atoms with van der Waals surface area (Å²) in [6, 6.07) is 0. The van der Waals surface area contributed by atoms with Crippen LogP contribution in [0.2, 0.25) is 0 Å². The first-order chi connectivity index (χ1) is 7.83. The van der Waals surface area contributed by atoms with E-state index in [1.54, 1.807) is 0 Å². The van der Waals surface area contributed by atoms with E-state index >= 15 is 0 Å². The third kappa shape index (κ3) is 22.1. The molecular formula is C6H14Li4O10P2. The summed E-state index contributed by atoms with van der Waals surface area (Å²) < 4.78 is 28.9. The number of phosphoric ester groups is 1. The number of aliphatic carboxylic acids is 1. The maximum Gasteiger partial charge on any atom is 0.481 e. The Balaban J connectivity index is -0.000000241. The smallest absolute Gasteiger partial charge is 0.481 e. The van der Waals surface area contributed by atoms with E-state index in [4.69, 9.17) is 19.8 Å². The molecule has 0 amide bonds. The molecule has 112 valence electrons. The number of carboxylic acids is 1. The van der Waals surface area contributed by atoms with Gasteiger partial charge in [-0.2, -0.15) is 4.31 Å². The largest absolute Gasteiger partial charge is 0.481 e. The van der Waals surface area contributed by atoms with Gasteiger partial charge in [0.2, 0.25) is 0 Å². The van der Waals surface area contributed by atoms with Crippen LogP contribution in [0.25, 0.3) is 0 Å². The van der Waals surface area contributed by atoms with Crippen molar-refractivity contribution in [3.05, 3.63) is 0 Å². The topological polar surface area (TPSA) is 171 Å². The monoisotopic (exact) mass is 336 g/mol. The van der Waals surface area contributed by atoms with Crippen molar-refractivity contribution in [2.75, 3.05) is 6.61 Å². The van der Waals surface area contributed by atoms with Crippen LogP contribution in [-0.2, 0) is 22.8 Å². The number of rotatable bonds is 8. The fourth-order valence-corrected chi connectivity index (χ4v) is 2.54. The molecule has 0 aliphatic carbocycles. The van der Waals surface area contributed by atoms with Crippen LogP contribution in [0.5, 0.6) is 0 Å². The van der Waals surface area contributed by atoms with E-state index in [-0.39, 0.29) is 81.9 Å². The van der Waals surface area contributed by atoms with Gasteiger partial charge >= 0.3 is 21.6 Å². The Kier molecular flexibility index (Phi) is 22.9. The Morgan fingerprint density at radius 3 is 1.82 bits per heavy atom. The first-order valence-corrected chi connectivity index (χ1v) is 7.54. The van der Waals surface area contributed by atoms with E-state index in [2.05, 4.69) is 8.83 Å². The van der Waals surface area contributed by atoms with Crippen molar-refractivity contribution < 1.29 is 47.7 Å². The van der Waals surface area contributed by atoms with Crippen LogP contribution in [-0.4, -0.2) is 119 Å². The van der Waals surface area contributed by atoms with Gasteiger partial charge in [-0.15, -0.1) is 0 Å². The Hall–Kier alpha value is 2.08. The summed E-state index contributed by atoms with van der Waals surface area (Å²) in [6.07, 6.45) is -0.959. The fraction of sp³-hybridized carbons (Fsp3) is 0.833. The minimum Gasteiger partial charge on any atom is -0.481 e. The van der Waals surface area contributed by atoms with Gasteiger partial charge in [0.25, 0.3) is 0 Å². The molecule has 0 aliphatic rings. The number of phosphoric acid groups is 2. The second-order valence-electron chi connectivity index (χ2n) is 3.69. The van der Waals surface area contributed by atoms with Gasteiger partial charge in [0.15, 0.2) is 0 Å². The summed E-state index contributed by atoms with van der Waals surface area (Å²) >= 11 is 0. The number of hydrogen-bond acceptors (Lipinski definition) is 6. The van der Waals surface area contributed by atoms with E-state index in [9.17, 15) is 19.0 Å². The predicted molar refractivity (Wildman–Crippen MR) is 79.4 cm³/mol. The van der Waals surface area contributed by atoms with E-state index in [1.165, 1.54) is 0 Å². The van der Waals surface area contributed by atoms with Crippen LogP contribution in [0, 0.1) is 0 Å². The van der Waals surface area contributed by atoms with Crippen molar-refractivity contribution in [2.24, 2.45) is 0 Å². The molecule has 0 aromatic carbocycles. The maximum atomic E-state index is 11.0. The quantitative estimate of drug-likeness (QED) is 0.254. The van der Waals surface area contributed by atoms with Gasteiger partial charge in [-0.25, -0.2) is 9.13 Å². The third-order valence-corrected chi connectivity index (χ3v) is 3.82. The molecule has 0 saturated carbocycles. The summed E-state index contributed by atoms with van der Waals surface area (Å²) in [6.45, 7) is 0.546. The number of carbonyl (C=O) groups is 1. The van der Waals surface area contributed by atoms with Crippen molar-refractivity contribution in [2.45, 2.75) is 25.4 Å². The summed E-state index contributed by atoms with van der Waals surface area (Å²) in [5.41, 5.74) is -1.69. The molecule has 16 heteroatoms. The Morgan fingerprint density at radius 2 is 1.50 bits per heavy atom. The van der Waals surface area contributed by atoms with Gasteiger partial charge in [-0.05, 0) is 6.92 Å². The minimum absolute atomic E-state index is 0. The average Bonchev–Trinajstić information content (AvgIpc) is 1.93. The van der Waals surface area contributed by atoms with Crippen LogP contribution in [0.15, 0.2) is 0 Å². The summed E-state index contributed by atoms with van der Waals surface area (Å²) in [5, 5.41) is 17.9. The second kappa shape index (κ2) is 14.3.